The van der Waals surface area contributed by atoms with Gasteiger partial charge in [0.05, 0.1) is 0 Å². The van der Waals surface area contributed by atoms with Crippen LogP contribution in [0.3, 0.4) is 0 Å². The Morgan fingerprint density at radius 2 is 2.25 bits per heavy atom. The first-order valence-corrected chi connectivity index (χ1v) is 4.40. The van der Waals surface area contributed by atoms with Gasteiger partial charge < -0.3 is 0 Å². The van der Waals surface area contributed by atoms with E-state index in [0.29, 0.717) is 0 Å². The van der Waals surface area contributed by atoms with Crippen LogP contribution in [0.2, 0.25) is 0 Å². The molecule has 0 aliphatic heterocycles. The molecule has 0 radical (unpaired) electrons. The van der Waals surface area contributed by atoms with E-state index in [9.17, 15) is 4.91 Å². The molecular weight excluding hydrogens is 150 g/mol. The van der Waals surface area contributed by atoms with Crippen LogP contribution in [0.1, 0.15) is 33.6 Å². The first-order valence-electron chi connectivity index (χ1n) is 4.40. The smallest absolute Gasteiger partial charge is 0.108 e. The van der Waals surface area contributed by atoms with Crippen LogP contribution in [-0.2, 0) is 0 Å². The summed E-state index contributed by atoms with van der Waals surface area (Å²) in [5.74, 6) is 0. The second-order valence-electron chi connectivity index (χ2n) is 2.84. The van der Waals surface area contributed by atoms with Gasteiger partial charge in [-0.3, -0.25) is 0 Å². The van der Waals surface area contributed by atoms with E-state index in [0.717, 1.165) is 12.8 Å². The van der Waals surface area contributed by atoms with E-state index in [1.807, 2.05) is 25.2 Å². The van der Waals surface area contributed by atoms with Crippen LogP contribution in [0.25, 0.3) is 0 Å². The quantitative estimate of drug-likeness (QED) is 0.455. The summed E-state index contributed by atoms with van der Waals surface area (Å²) in [5.41, 5.74) is 1.20. The third-order valence-corrected chi connectivity index (χ3v) is 1.54. The van der Waals surface area contributed by atoms with Gasteiger partial charge in [-0.15, -0.1) is 0 Å². The van der Waals surface area contributed by atoms with E-state index in [2.05, 4.69) is 12.1 Å². The average molecular weight is 167 g/mol. The maximum absolute atomic E-state index is 10.1. The molecule has 0 rings (SSSR count). The Hall–Kier alpha value is -0.920. The second-order valence-corrected chi connectivity index (χ2v) is 2.84. The summed E-state index contributed by atoms with van der Waals surface area (Å²) in [6.07, 6.45) is 8.05. The number of nitroso groups, excluding NO2 is 1. The van der Waals surface area contributed by atoms with E-state index in [4.69, 9.17) is 0 Å². The second kappa shape index (κ2) is 6.77. The molecule has 0 saturated heterocycles. The number of hydrogen-bond donors (Lipinski definition) is 0. The van der Waals surface area contributed by atoms with Gasteiger partial charge >= 0.3 is 0 Å². The van der Waals surface area contributed by atoms with Crippen molar-refractivity contribution < 1.29 is 0 Å². The fourth-order valence-corrected chi connectivity index (χ4v) is 1.07. The van der Waals surface area contributed by atoms with Gasteiger partial charge in [0.25, 0.3) is 0 Å². The van der Waals surface area contributed by atoms with Crippen LogP contribution in [0.4, 0.5) is 0 Å². The summed E-state index contributed by atoms with van der Waals surface area (Å²) in [4.78, 5) is 10.1. The van der Waals surface area contributed by atoms with Gasteiger partial charge in [-0.05, 0) is 20.3 Å². The molecule has 0 amide bonds. The van der Waals surface area contributed by atoms with Crippen LogP contribution in [-0.4, -0.2) is 6.04 Å². The first kappa shape index (κ1) is 11.1. The van der Waals surface area contributed by atoms with Crippen molar-refractivity contribution in [2.24, 2.45) is 5.18 Å². The van der Waals surface area contributed by atoms with Crippen molar-refractivity contribution in [1.82, 2.24) is 0 Å². The largest absolute Gasteiger partial charge is 0.150 e. The summed E-state index contributed by atoms with van der Waals surface area (Å²) in [6.45, 7) is 5.89. The maximum Gasteiger partial charge on any atom is 0.108 e. The zero-order valence-electron chi connectivity index (χ0n) is 8.08. The number of rotatable bonds is 5. The van der Waals surface area contributed by atoms with Crippen molar-refractivity contribution in [1.29, 1.82) is 0 Å². The lowest BCUT2D eigenvalue weighted by Crippen LogP contribution is -1.92. The summed E-state index contributed by atoms with van der Waals surface area (Å²) in [6, 6.07) is -0.206. The Morgan fingerprint density at radius 1 is 1.58 bits per heavy atom. The maximum atomic E-state index is 10.1. The third-order valence-electron chi connectivity index (χ3n) is 1.54. The molecule has 0 aliphatic rings. The highest BCUT2D eigenvalue weighted by Crippen LogP contribution is 2.08. The van der Waals surface area contributed by atoms with Crippen molar-refractivity contribution in [2.75, 3.05) is 0 Å². The normalized spacial score (nSPS) is 15.1. The highest BCUT2D eigenvalue weighted by molar-refractivity contribution is 5.19. The average Bonchev–Trinajstić information content (AvgIpc) is 2.05. The van der Waals surface area contributed by atoms with Gasteiger partial charge in [0.15, 0.2) is 0 Å². The molecule has 68 valence electrons. The molecular formula is C10H17NO. The molecule has 0 fully saturated rings. The molecule has 2 nitrogen and oxygen atoms in total. The molecule has 0 N–H and O–H groups in total. The van der Waals surface area contributed by atoms with Crippen molar-refractivity contribution in [3.05, 3.63) is 28.7 Å². The van der Waals surface area contributed by atoms with Crippen molar-refractivity contribution in [2.45, 2.75) is 39.7 Å². The molecule has 0 heterocycles. The van der Waals surface area contributed by atoms with Crippen LogP contribution in [0.5, 0.6) is 0 Å². The molecule has 0 aromatic carbocycles. The van der Waals surface area contributed by atoms with Gasteiger partial charge in [0, 0.05) is 0 Å². The third kappa shape index (κ3) is 4.83. The topological polar surface area (TPSA) is 29.4 Å². The summed E-state index contributed by atoms with van der Waals surface area (Å²) >= 11 is 0. The molecule has 2 heteroatoms. The number of allylic oxidation sites excluding steroid dienone is 3. The molecule has 0 spiro atoms. The van der Waals surface area contributed by atoms with Gasteiger partial charge in [0.1, 0.15) is 6.04 Å². The number of hydrogen-bond acceptors (Lipinski definition) is 2. The van der Waals surface area contributed by atoms with E-state index >= 15 is 0 Å². The lowest BCUT2D eigenvalue weighted by atomic mass is 10.1. The van der Waals surface area contributed by atoms with Gasteiger partial charge in [0.2, 0.25) is 0 Å². The van der Waals surface area contributed by atoms with Crippen molar-refractivity contribution in [3.63, 3.8) is 0 Å². The van der Waals surface area contributed by atoms with Crippen LogP contribution < -0.4 is 0 Å². The van der Waals surface area contributed by atoms with Gasteiger partial charge in [-0.2, -0.15) is 4.91 Å². The zero-order valence-corrected chi connectivity index (χ0v) is 8.08. The van der Waals surface area contributed by atoms with Gasteiger partial charge in [-0.25, -0.2) is 0 Å². The fourth-order valence-electron chi connectivity index (χ4n) is 1.07. The van der Waals surface area contributed by atoms with Crippen LogP contribution in [0, 0.1) is 4.91 Å². The Bertz CT molecular complexity index is 182. The van der Waals surface area contributed by atoms with E-state index < -0.39 is 0 Å². The molecule has 12 heavy (non-hydrogen) atoms. The molecule has 0 bridgehead atoms. The molecule has 0 aromatic heterocycles. The van der Waals surface area contributed by atoms with E-state index in [-0.39, 0.29) is 6.04 Å². The SMILES string of the molecule is C/C=C\C(=C/C(C)N=O)CCC. The Kier molecular flexibility index (Phi) is 6.25. The van der Waals surface area contributed by atoms with Crippen molar-refractivity contribution >= 4 is 0 Å². The van der Waals surface area contributed by atoms with Crippen molar-refractivity contribution in [3.8, 4) is 0 Å². The Morgan fingerprint density at radius 3 is 2.67 bits per heavy atom. The predicted molar refractivity (Wildman–Crippen MR) is 53.1 cm³/mol. The summed E-state index contributed by atoms with van der Waals surface area (Å²) in [7, 11) is 0. The molecule has 0 aliphatic carbocycles. The minimum Gasteiger partial charge on any atom is -0.150 e. The fraction of sp³-hybridized carbons (Fsp3) is 0.600. The highest BCUT2D eigenvalue weighted by Gasteiger charge is 1.97. The molecule has 0 saturated carbocycles. The molecule has 1 unspecified atom stereocenters. The van der Waals surface area contributed by atoms with E-state index in [1.165, 1.54) is 5.57 Å². The zero-order chi connectivity index (χ0) is 9.40. The minimum atomic E-state index is -0.206. The van der Waals surface area contributed by atoms with Gasteiger partial charge in [-0.1, -0.05) is 42.3 Å². The summed E-state index contributed by atoms with van der Waals surface area (Å²) < 4.78 is 0. The minimum absolute atomic E-state index is 0.206. The molecule has 1 atom stereocenters. The first-order chi connectivity index (χ1) is 5.74. The monoisotopic (exact) mass is 167 g/mol. The summed E-state index contributed by atoms with van der Waals surface area (Å²) in [5, 5.41) is 2.93. The molecule has 0 aromatic rings. The lowest BCUT2D eigenvalue weighted by Gasteiger charge is -2.00. The Labute approximate surface area is 74.3 Å². The Balaban J connectivity index is 4.25. The highest BCUT2D eigenvalue weighted by atomic mass is 16.3. The van der Waals surface area contributed by atoms with Crippen LogP contribution in [0.15, 0.2) is 29.0 Å². The standard InChI is InChI=1S/C10H17NO/c1-4-6-10(7-5-2)8-9(3)11-12/h4,6,8-9H,5,7H2,1-3H3/b6-4-,10-8+. The predicted octanol–water partition coefficient (Wildman–Crippen LogP) is 3.44. The van der Waals surface area contributed by atoms with E-state index in [1.54, 1.807) is 6.92 Å². The van der Waals surface area contributed by atoms with Crippen LogP contribution >= 0.6 is 0 Å². The lowest BCUT2D eigenvalue weighted by molar-refractivity contribution is 0.869. The number of nitrogens with zero attached hydrogens (tertiary/aromatic N) is 1.